The van der Waals surface area contributed by atoms with Crippen molar-refractivity contribution in [3.63, 3.8) is 0 Å². The fourth-order valence-corrected chi connectivity index (χ4v) is 1.36. The van der Waals surface area contributed by atoms with Crippen LogP contribution in [0.1, 0.15) is 24.2 Å². The van der Waals surface area contributed by atoms with E-state index in [4.69, 9.17) is 0 Å². The number of carbonyl (C=O) groups excluding carboxylic acids is 2. The molecule has 0 radical (unpaired) electrons. The quantitative estimate of drug-likeness (QED) is 0.257. The highest BCUT2D eigenvalue weighted by Crippen LogP contribution is 2.13. The van der Waals surface area contributed by atoms with Gasteiger partial charge in [0, 0.05) is 5.56 Å². The first-order chi connectivity index (χ1) is 7.57. The third-order valence-corrected chi connectivity index (χ3v) is 2.15. The minimum atomic E-state index is -0.589. The van der Waals surface area contributed by atoms with E-state index in [0.29, 0.717) is 11.1 Å². The fraction of sp³-hybridized carbons (Fsp3) is 0.231. The van der Waals surface area contributed by atoms with Gasteiger partial charge in [-0.2, -0.15) is 0 Å². The van der Waals surface area contributed by atoms with Crippen molar-refractivity contribution in [3.05, 3.63) is 47.0 Å². The first-order valence-electron chi connectivity index (χ1n) is 4.93. The summed E-state index contributed by atoms with van der Waals surface area (Å²) in [6.07, 6.45) is 0. The molecule has 1 rings (SSSR count). The van der Waals surface area contributed by atoms with Gasteiger partial charge in [0.25, 0.3) is 0 Å². The van der Waals surface area contributed by atoms with E-state index >= 15 is 0 Å². The van der Waals surface area contributed by atoms with E-state index in [-0.39, 0.29) is 11.4 Å². The summed E-state index contributed by atoms with van der Waals surface area (Å²) in [5.74, 6) is -0.888. The molecule has 84 valence electrons. The van der Waals surface area contributed by atoms with Crippen LogP contribution in [0.4, 0.5) is 0 Å². The maximum Gasteiger partial charge on any atom is 0.341 e. The van der Waals surface area contributed by atoms with E-state index in [0.717, 1.165) is 0 Å². The molecule has 0 N–H and O–H groups in total. The first-order valence-corrected chi connectivity index (χ1v) is 4.93. The van der Waals surface area contributed by atoms with Gasteiger partial charge in [0.2, 0.25) is 0 Å². The van der Waals surface area contributed by atoms with Crippen LogP contribution in [-0.2, 0) is 9.53 Å². The van der Waals surface area contributed by atoms with Gasteiger partial charge in [0.1, 0.15) is 5.57 Å². The van der Waals surface area contributed by atoms with Crippen LogP contribution in [-0.4, -0.2) is 18.9 Å². The zero-order valence-electron chi connectivity index (χ0n) is 9.61. The molecule has 0 atom stereocenters. The number of benzene rings is 1. The van der Waals surface area contributed by atoms with E-state index in [1.54, 1.807) is 38.1 Å². The highest BCUT2D eigenvalue weighted by molar-refractivity contribution is 6.24. The van der Waals surface area contributed by atoms with E-state index in [1.807, 2.05) is 6.07 Å². The van der Waals surface area contributed by atoms with E-state index in [9.17, 15) is 9.59 Å². The molecule has 0 aliphatic rings. The van der Waals surface area contributed by atoms with Gasteiger partial charge in [-0.3, -0.25) is 4.79 Å². The molecule has 0 heterocycles. The maximum absolute atomic E-state index is 12.0. The molecule has 0 spiro atoms. The van der Waals surface area contributed by atoms with Gasteiger partial charge >= 0.3 is 5.97 Å². The standard InChI is InChI=1S/C13H14O3/c1-9(2)11(13(15)16-3)12(14)10-7-5-4-6-8-10/h4-8H,1-3H3. The maximum atomic E-state index is 12.0. The van der Waals surface area contributed by atoms with Gasteiger partial charge in [0.05, 0.1) is 7.11 Å². The zero-order chi connectivity index (χ0) is 12.1. The van der Waals surface area contributed by atoms with Gasteiger partial charge in [-0.15, -0.1) is 0 Å². The number of allylic oxidation sites excluding steroid dienone is 1. The smallest absolute Gasteiger partial charge is 0.341 e. The summed E-state index contributed by atoms with van der Waals surface area (Å²) in [6.45, 7) is 3.43. The predicted octanol–water partition coefficient (Wildman–Crippen LogP) is 2.38. The number of methoxy groups -OCH3 is 1. The van der Waals surface area contributed by atoms with Gasteiger partial charge in [0.15, 0.2) is 5.78 Å². The molecule has 0 saturated carbocycles. The number of carbonyl (C=O) groups is 2. The minimum absolute atomic E-state index is 0.105. The van der Waals surface area contributed by atoms with Crippen molar-refractivity contribution in [1.29, 1.82) is 0 Å². The lowest BCUT2D eigenvalue weighted by molar-refractivity contribution is -0.135. The van der Waals surface area contributed by atoms with Crippen molar-refractivity contribution in [3.8, 4) is 0 Å². The van der Waals surface area contributed by atoms with Crippen LogP contribution >= 0.6 is 0 Å². The molecule has 0 aliphatic heterocycles. The molecular weight excluding hydrogens is 204 g/mol. The molecule has 0 bridgehead atoms. The summed E-state index contributed by atoms with van der Waals surface area (Å²) in [6, 6.07) is 8.68. The van der Waals surface area contributed by atoms with Gasteiger partial charge in [-0.1, -0.05) is 35.9 Å². The number of hydrogen-bond donors (Lipinski definition) is 0. The van der Waals surface area contributed by atoms with E-state index in [2.05, 4.69) is 4.74 Å². The Kier molecular flexibility index (Phi) is 4.00. The lowest BCUT2D eigenvalue weighted by atomic mass is 10.00. The molecule has 0 aromatic heterocycles. The number of ketones is 1. The summed E-state index contributed by atoms with van der Waals surface area (Å²) in [7, 11) is 1.27. The van der Waals surface area contributed by atoms with Crippen LogP contribution in [0.3, 0.4) is 0 Å². The van der Waals surface area contributed by atoms with Gasteiger partial charge < -0.3 is 4.74 Å². The predicted molar refractivity (Wildman–Crippen MR) is 61.2 cm³/mol. The van der Waals surface area contributed by atoms with E-state index < -0.39 is 5.97 Å². The summed E-state index contributed by atoms with van der Waals surface area (Å²) < 4.78 is 4.60. The molecule has 3 nitrogen and oxygen atoms in total. The lowest BCUT2D eigenvalue weighted by Gasteiger charge is -2.06. The number of rotatable bonds is 3. The fourth-order valence-electron chi connectivity index (χ4n) is 1.36. The third-order valence-electron chi connectivity index (χ3n) is 2.15. The summed E-state index contributed by atoms with van der Waals surface area (Å²) in [5.41, 5.74) is 1.25. The average Bonchev–Trinajstić information content (AvgIpc) is 2.29. The van der Waals surface area contributed by atoms with Crippen LogP contribution in [0, 0.1) is 0 Å². The number of Topliss-reactive ketones (excluding diaryl/α,β-unsaturated/α-hetero) is 1. The van der Waals surface area contributed by atoms with Crippen molar-refractivity contribution in [2.24, 2.45) is 0 Å². The molecule has 0 fully saturated rings. The molecular formula is C13H14O3. The average molecular weight is 218 g/mol. The van der Waals surface area contributed by atoms with Crippen molar-refractivity contribution in [2.45, 2.75) is 13.8 Å². The van der Waals surface area contributed by atoms with Crippen LogP contribution in [0.2, 0.25) is 0 Å². The minimum Gasteiger partial charge on any atom is -0.465 e. The van der Waals surface area contributed by atoms with Gasteiger partial charge in [-0.05, 0) is 13.8 Å². The molecule has 0 aliphatic carbocycles. The molecule has 0 saturated heterocycles. The number of hydrogen-bond acceptors (Lipinski definition) is 3. The Morgan fingerprint density at radius 3 is 2.06 bits per heavy atom. The molecule has 1 aromatic carbocycles. The topological polar surface area (TPSA) is 43.4 Å². The Morgan fingerprint density at radius 1 is 1.06 bits per heavy atom. The molecule has 1 aromatic rings. The molecule has 16 heavy (non-hydrogen) atoms. The zero-order valence-corrected chi connectivity index (χ0v) is 9.61. The van der Waals surface area contributed by atoms with Crippen molar-refractivity contribution in [1.82, 2.24) is 0 Å². The van der Waals surface area contributed by atoms with Crippen LogP contribution < -0.4 is 0 Å². The largest absolute Gasteiger partial charge is 0.465 e. The Balaban J connectivity index is 3.13. The number of esters is 1. The van der Waals surface area contributed by atoms with Crippen molar-refractivity contribution < 1.29 is 14.3 Å². The second-order valence-corrected chi connectivity index (χ2v) is 3.56. The van der Waals surface area contributed by atoms with Gasteiger partial charge in [-0.25, -0.2) is 4.79 Å². The SMILES string of the molecule is COC(=O)C(C(=O)c1ccccc1)=C(C)C. The van der Waals surface area contributed by atoms with Crippen LogP contribution in [0.25, 0.3) is 0 Å². The van der Waals surface area contributed by atoms with Crippen LogP contribution in [0.5, 0.6) is 0 Å². The highest BCUT2D eigenvalue weighted by Gasteiger charge is 2.21. The second-order valence-electron chi connectivity index (χ2n) is 3.56. The molecule has 0 amide bonds. The molecule has 3 heteroatoms. The normalized spacial score (nSPS) is 9.44. The molecule has 0 unspecified atom stereocenters. The second kappa shape index (κ2) is 5.26. The Hall–Kier alpha value is -1.90. The monoisotopic (exact) mass is 218 g/mol. The lowest BCUT2D eigenvalue weighted by Crippen LogP contribution is -2.16. The first kappa shape index (κ1) is 12.2. The Morgan fingerprint density at radius 2 is 1.62 bits per heavy atom. The van der Waals surface area contributed by atoms with Crippen molar-refractivity contribution in [2.75, 3.05) is 7.11 Å². The van der Waals surface area contributed by atoms with Crippen LogP contribution in [0.15, 0.2) is 41.5 Å². The highest BCUT2D eigenvalue weighted by atomic mass is 16.5. The van der Waals surface area contributed by atoms with E-state index in [1.165, 1.54) is 7.11 Å². The summed E-state index contributed by atoms with van der Waals surface area (Å²) >= 11 is 0. The number of ether oxygens (including phenoxy) is 1. The van der Waals surface area contributed by atoms with Crippen molar-refractivity contribution >= 4 is 11.8 Å². The summed E-state index contributed by atoms with van der Waals surface area (Å²) in [4.78, 5) is 23.5. The Labute approximate surface area is 94.7 Å². The third kappa shape index (κ3) is 2.57. The summed E-state index contributed by atoms with van der Waals surface area (Å²) in [5, 5.41) is 0. The Bertz CT molecular complexity index is 426.